The molecule has 0 unspecified atom stereocenters. The highest BCUT2D eigenvalue weighted by Crippen LogP contribution is 2.15. The van der Waals surface area contributed by atoms with Gasteiger partial charge in [-0.15, -0.1) is 0 Å². The summed E-state index contributed by atoms with van der Waals surface area (Å²) < 4.78 is 39.5. The molecule has 1 amide bonds. The molecule has 5 nitrogen and oxygen atoms in total. The molecule has 0 saturated carbocycles. The highest BCUT2D eigenvalue weighted by Gasteiger charge is 2.25. The summed E-state index contributed by atoms with van der Waals surface area (Å²) in [5.41, 5.74) is -1.08. The van der Waals surface area contributed by atoms with E-state index in [9.17, 15) is 27.6 Å². The summed E-state index contributed by atoms with van der Waals surface area (Å²) in [4.78, 5) is 33.4. The van der Waals surface area contributed by atoms with Crippen molar-refractivity contribution in [3.8, 4) is 0 Å². The van der Waals surface area contributed by atoms with Gasteiger partial charge >= 0.3 is 5.97 Å². The fourth-order valence-electron chi connectivity index (χ4n) is 1.59. The third kappa shape index (κ3) is 4.59. The van der Waals surface area contributed by atoms with Crippen LogP contribution in [0, 0.1) is 17.5 Å². The summed E-state index contributed by atoms with van der Waals surface area (Å²) >= 11 is 0. The highest BCUT2D eigenvalue weighted by atomic mass is 19.1. The Bertz CT molecular complexity index is 566. The summed E-state index contributed by atoms with van der Waals surface area (Å²) in [7, 11) is 0. The second-order valence-corrected chi connectivity index (χ2v) is 4.35. The van der Waals surface area contributed by atoms with E-state index in [0.29, 0.717) is 12.1 Å². The number of amides is 1. The minimum Gasteiger partial charge on any atom is -0.480 e. The van der Waals surface area contributed by atoms with Crippen LogP contribution in [0.2, 0.25) is 0 Å². The standard InChI is InChI=1S/C13H12F3NO4/c1-6(18)2-3-10(13(20)21)17-12(19)11-8(15)4-7(14)5-9(11)16/h4-5,10H,2-3H2,1H3,(H,17,19)(H,20,21)/t10-/m1/s1. The van der Waals surface area contributed by atoms with Gasteiger partial charge in [0.2, 0.25) is 0 Å². The van der Waals surface area contributed by atoms with Crippen LogP contribution in [0.5, 0.6) is 0 Å². The number of rotatable bonds is 6. The number of hydrogen-bond donors (Lipinski definition) is 2. The first-order chi connectivity index (χ1) is 9.72. The van der Waals surface area contributed by atoms with Gasteiger partial charge in [-0.1, -0.05) is 0 Å². The van der Waals surface area contributed by atoms with Gasteiger partial charge in [0.15, 0.2) is 0 Å². The van der Waals surface area contributed by atoms with E-state index in [4.69, 9.17) is 5.11 Å². The van der Waals surface area contributed by atoms with Crippen LogP contribution in [0.25, 0.3) is 0 Å². The Morgan fingerprint density at radius 1 is 1.19 bits per heavy atom. The van der Waals surface area contributed by atoms with E-state index in [0.717, 1.165) is 0 Å². The molecular formula is C13H12F3NO4. The number of carbonyl (C=O) groups is 3. The second kappa shape index (κ2) is 6.87. The summed E-state index contributed by atoms with van der Waals surface area (Å²) in [6.45, 7) is 1.24. The quantitative estimate of drug-likeness (QED) is 0.837. The van der Waals surface area contributed by atoms with Crippen LogP contribution < -0.4 is 5.32 Å². The molecule has 0 fully saturated rings. The Morgan fingerprint density at radius 3 is 2.14 bits per heavy atom. The molecule has 21 heavy (non-hydrogen) atoms. The van der Waals surface area contributed by atoms with Gasteiger partial charge in [-0.2, -0.15) is 0 Å². The monoisotopic (exact) mass is 303 g/mol. The molecular weight excluding hydrogens is 291 g/mol. The molecule has 0 spiro atoms. The van der Waals surface area contributed by atoms with Gasteiger partial charge in [0.25, 0.3) is 5.91 Å². The molecule has 1 atom stereocenters. The molecule has 0 aliphatic carbocycles. The van der Waals surface area contributed by atoms with Gasteiger partial charge < -0.3 is 15.2 Å². The number of hydrogen-bond acceptors (Lipinski definition) is 3. The molecule has 0 aliphatic heterocycles. The van der Waals surface area contributed by atoms with E-state index >= 15 is 0 Å². The van der Waals surface area contributed by atoms with E-state index in [1.165, 1.54) is 6.92 Å². The topological polar surface area (TPSA) is 83.5 Å². The number of benzene rings is 1. The van der Waals surface area contributed by atoms with Crippen molar-refractivity contribution in [1.29, 1.82) is 0 Å². The molecule has 0 saturated heterocycles. The van der Waals surface area contributed by atoms with Crippen molar-refractivity contribution in [3.05, 3.63) is 35.1 Å². The first-order valence-corrected chi connectivity index (χ1v) is 5.90. The minimum absolute atomic E-state index is 0.119. The third-order valence-electron chi connectivity index (χ3n) is 2.62. The predicted octanol–water partition coefficient (Wildman–Crippen LogP) is 1.66. The zero-order valence-corrected chi connectivity index (χ0v) is 11.0. The zero-order valence-electron chi connectivity index (χ0n) is 11.0. The number of aliphatic carboxylic acids is 1. The fourth-order valence-corrected chi connectivity index (χ4v) is 1.59. The maximum absolute atomic E-state index is 13.4. The van der Waals surface area contributed by atoms with Gasteiger partial charge in [-0.3, -0.25) is 4.79 Å². The summed E-state index contributed by atoms with van der Waals surface area (Å²) in [6, 6.07) is -0.864. The van der Waals surface area contributed by atoms with Crippen LogP contribution in [-0.4, -0.2) is 28.8 Å². The molecule has 1 aromatic carbocycles. The van der Waals surface area contributed by atoms with E-state index in [-0.39, 0.29) is 18.6 Å². The van der Waals surface area contributed by atoms with Gasteiger partial charge in [0.1, 0.15) is 34.8 Å². The van der Waals surface area contributed by atoms with Crippen molar-refractivity contribution in [2.24, 2.45) is 0 Å². The fraction of sp³-hybridized carbons (Fsp3) is 0.308. The van der Waals surface area contributed by atoms with Crippen LogP contribution in [0.4, 0.5) is 13.2 Å². The Labute approximate surface area is 117 Å². The number of nitrogens with one attached hydrogen (secondary N) is 1. The van der Waals surface area contributed by atoms with Crippen LogP contribution in [-0.2, 0) is 9.59 Å². The Hall–Kier alpha value is -2.38. The number of carboxylic acid groups (broad SMARTS) is 1. The average molecular weight is 303 g/mol. The van der Waals surface area contributed by atoms with Gasteiger partial charge in [-0.25, -0.2) is 18.0 Å². The second-order valence-electron chi connectivity index (χ2n) is 4.35. The third-order valence-corrected chi connectivity index (χ3v) is 2.62. The van der Waals surface area contributed by atoms with Crippen LogP contribution in [0.1, 0.15) is 30.1 Å². The van der Waals surface area contributed by atoms with Crippen LogP contribution in [0.15, 0.2) is 12.1 Å². The van der Waals surface area contributed by atoms with Crippen molar-refractivity contribution < 1.29 is 32.7 Å². The predicted molar refractivity (Wildman–Crippen MR) is 65.1 cm³/mol. The molecule has 114 valence electrons. The molecule has 0 aromatic heterocycles. The number of carbonyl (C=O) groups excluding carboxylic acids is 2. The Balaban J connectivity index is 2.92. The normalized spacial score (nSPS) is 11.8. The van der Waals surface area contributed by atoms with E-state index in [1.807, 2.05) is 5.32 Å². The Morgan fingerprint density at radius 2 is 1.71 bits per heavy atom. The summed E-state index contributed by atoms with van der Waals surface area (Å²) in [5, 5.41) is 10.8. The van der Waals surface area contributed by atoms with Gasteiger partial charge in [-0.05, 0) is 13.3 Å². The highest BCUT2D eigenvalue weighted by molar-refractivity contribution is 5.97. The van der Waals surface area contributed by atoms with Crippen LogP contribution in [0.3, 0.4) is 0 Å². The van der Waals surface area contributed by atoms with Crippen molar-refractivity contribution in [1.82, 2.24) is 5.32 Å². The maximum Gasteiger partial charge on any atom is 0.326 e. The van der Waals surface area contributed by atoms with E-state index in [1.54, 1.807) is 0 Å². The largest absolute Gasteiger partial charge is 0.480 e. The molecule has 1 aromatic rings. The van der Waals surface area contributed by atoms with E-state index in [2.05, 4.69) is 0 Å². The number of Topliss-reactive ketones (excluding diaryl/α,β-unsaturated/α-hetero) is 1. The number of carboxylic acids is 1. The van der Waals surface area contributed by atoms with Gasteiger partial charge in [0.05, 0.1) is 0 Å². The average Bonchev–Trinajstić information content (AvgIpc) is 2.32. The van der Waals surface area contributed by atoms with Crippen molar-refractivity contribution in [2.45, 2.75) is 25.8 Å². The maximum atomic E-state index is 13.4. The smallest absolute Gasteiger partial charge is 0.326 e. The van der Waals surface area contributed by atoms with Crippen molar-refractivity contribution >= 4 is 17.7 Å². The SMILES string of the molecule is CC(=O)CC[C@@H](NC(=O)c1c(F)cc(F)cc1F)C(=O)O. The zero-order chi connectivity index (χ0) is 16.2. The number of ketones is 1. The lowest BCUT2D eigenvalue weighted by atomic mass is 10.1. The van der Waals surface area contributed by atoms with Crippen LogP contribution >= 0.6 is 0 Å². The molecule has 0 radical (unpaired) electrons. The molecule has 1 rings (SSSR count). The lowest BCUT2D eigenvalue weighted by Gasteiger charge is -2.14. The van der Waals surface area contributed by atoms with Crippen molar-refractivity contribution in [2.75, 3.05) is 0 Å². The lowest BCUT2D eigenvalue weighted by molar-refractivity contribution is -0.139. The molecule has 0 bridgehead atoms. The van der Waals surface area contributed by atoms with E-state index < -0.39 is 40.9 Å². The van der Waals surface area contributed by atoms with Crippen molar-refractivity contribution in [3.63, 3.8) is 0 Å². The lowest BCUT2D eigenvalue weighted by Crippen LogP contribution is -2.41. The molecule has 2 N–H and O–H groups in total. The number of halogens is 3. The Kier molecular flexibility index (Phi) is 5.45. The van der Waals surface area contributed by atoms with Gasteiger partial charge in [0, 0.05) is 18.6 Å². The summed E-state index contributed by atoms with van der Waals surface area (Å²) in [6.07, 6.45) is -0.341. The molecule has 0 aliphatic rings. The molecule has 8 heteroatoms. The first kappa shape index (κ1) is 16.7. The molecule has 0 heterocycles. The first-order valence-electron chi connectivity index (χ1n) is 5.90. The minimum atomic E-state index is -1.48. The summed E-state index contributed by atoms with van der Waals surface area (Å²) in [5.74, 6) is -7.17.